The third kappa shape index (κ3) is 2.47. The number of aryl methyl sites for hydroxylation is 1. The van der Waals surface area contributed by atoms with Crippen molar-refractivity contribution >= 4 is 21.7 Å². The van der Waals surface area contributed by atoms with E-state index in [0.717, 1.165) is 27.2 Å². The van der Waals surface area contributed by atoms with Crippen molar-refractivity contribution in [1.29, 1.82) is 0 Å². The predicted molar refractivity (Wildman–Crippen MR) is 79.2 cm³/mol. The van der Waals surface area contributed by atoms with Crippen LogP contribution in [0.4, 0.5) is 5.82 Å². The van der Waals surface area contributed by atoms with Gasteiger partial charge in [-0.25, -0.2) is 9.97 Å². The summed E-state index contributed by atoms with van der Waals surface area (Å²) in [6.07, 6.45) is 4.21. The first-order valence-corrected chi connectivity index (χ1v) is 7.16. The minimum Gasteiger partial charge on any atom is -0.372 e. The Morgan fingerprint density at radius 2 is 2.11 bits per heavy atom. The molecule has 1 fully saturated rings. The summed E-state index contributed by atoms with van der Waals surface area (Å²) in [4.78, 5) is 13.6. The standard InChI is InChI=1S/C14H15BrN4/c1-8-5-6-17-10(7-8)13-18-12(9-3-4-9)11(15)14(16-2)19-13/h5-7,9H,3-4H2,1-2H3,(H,16,18,19). The molecule has 0 spiro atoms. The van der Waals surface area contributed by atoms with E-state index in [9.17, 15) is 0 Å². The van der Waals surface area contributed by atoms with Gasteiger partial charge >= 0.3 is 0 Å². The van der Waals surface area contributed by atoms with Gasteiger partial charge in [0.05, 0.1) is 10.2 Å². The molecule has 2 aromatic heterocycles. The monoisotopic (exact) mass is 318 g/mol. The van der Waals surface area contributed by atoms with Gasteiger partial charge in [0, 0.05) is 19.2 Å². The van der Waals surface area contributed by atoms with Crippen LogP contribution in [0.5, 0.6) is 0 Å². The second kappa shape index (κ2) is 4.89. The lowest BCUT2D eigenvalue weighted by Crippen LogP contribution is -2.03. The highest BCUT2D eigenvalue weighted by Crippen LogP contribution is 2.44. The molecule has 0 amide bonds. The van der Waals surface area contributed by atoms with Gasteiger partial charge in [-0.05, 0) is 53.4 Å². The zero-order valence-corrected chi connectivity index (χ0v) is 12.5. The van der Waals surface area contributed by atoms with Crippen LogP contribution in [0.2, 0.25) is 0 Å². The van der Waals surface area contributed by atoms with Gasteiger partial charge in [0.2, 0.25) is 0 Å². The number of nitrogens with one attached hydrogen (secondary N) is 1. The van der Waals surface area contributed by atoms with Crippen LogP contribution in [-0.2, 0) is 0 Å². The summed E-state index contributed by atoms with van der Waals surface area (Å²) in [6.45, 7) is 2.05. The SMILES string of the molecule is CNc1nc(-c2cc(C)ccn2)nc(C2CC2)c1Br. The zero-order valence-electron chi connectivity index (χ0n) is 10.9. The molecule has 1 aliphatic carbocycles. The molecular weight excluding hydrogens is 304 g/mol. The smallest absolute Gasteiger partial charge is 0.180 e. The summed E-state index contributed by atoms with van der Waals surface area (Å²) in [6, 6.07) is 3.99. The topological polar surface area (TPSA) is 50.7 Å². The lowest BCUT2D eigenvalue weighted by molar-refractivity contribution is 0.973. The van der Waals surface area contributed by atoms with E-state index in [1.54, 1.807) is 6.20 Å². The van der Waals surface area contributed by atoms with Gasteiger partial charge in [-0.1, -0.05) is 0 Å². The number of hydrogen-bond acceptors (Lipinski definition) is 4. The highest BCUT2D eigenvalue weighted by atomic mass is 79.9. The van der Waals surface area contributed by atoms with Crippen molar-refractivity contribution in [2.24, 2.45) is 0 Å². The molecule has 98 valence electrons. The van der Waals surface area contributed by atoms with Crippen molar-refractivity contribution in [2.75, 3.05) is 12.4 Å². The third-order valence-electron chi connectivity index (χ3n) is 3.22. The van der Waals surface area contributed by atoms with Crippen LogP contribution in [0.25, 0.3) is 11.5 Å². The van der Waals surface area contributed by atoms with Gasteiger partial charge in [-0.3, -0.25) is 4.98 Å². The Labute approximate surface area is 120 Å². The summed E-state index contributed by atoms with van der Waals surface area (Å²) in [5.41, 5.74) is 3.08. The van der Waals surface area contributed by atoms with Crippen molar-refractivity contribution < 1.29 is 0 Å². The fourth-order valence-corrected chi connectivity index (χ4v) is 2.73. The van der Waals surface area contributed by atoms with Crippen LogP contribution in [0, 0.1) is 6.92 Å². The Balaban J connectivity index is 2.13. The van der Waals surface area contributed by atoms with E-state index < -0.39 is 0 Å². The van der Waals surface area contributed by atoms with Gasteiger partial charge in [-0.2, -0.15) is 0 Å². The first-order chi connectivity index (χ1) is 9.19. The maximum atomic E-state index is 4.69. The quantitative estimate of drug-likeness (QED) is 0.940. The lowest BCUT2D eigenvalue weighted by Gasteiger charge is -2.10. The fourth-order valence-electron chi connectivity index (χ4n) is 2.03. The second-order valence-corrected chi connectivity index (χ2v) is 5.63. The van der Waals surface area contributed by atoms with E-state index in [0.29, 0.717) is 11.7 Å². The summed E-state index contributed by atoms with van der Waals surface area (Å²) in [5.74, 6) is 2.08. The molecule has 1 N–H and O–H groups in total. The van der Waals surface area contributed by atoms with Gasteiger partial charge < -0.3 is 5.32 Å². The average molecular weight is 319 g/mol. The molecule has 1 aliphatic rings. The normalized spacial score (nSPS) is 14.5. The molecule has 0 unspecified atom stereocenters. The maximum absolute atomic E-state index is 4.69. The third-order valence-corrected chi connectivity index (χ3v) is 4.00. The van der Waals surface area contributed by atoms with Crippen LogP contribution in [0.15, 0.2) is 22.8 Å². The number of anilines is 1. The van der Waals surface area contributed by atoms with Crippen LogP contribution >= 0.6 is 15.9 Å². The van der Waals surface area contributed by atoms with Crippen LogP contribution in [0.1, 0.15) is 30.0 Å². The van der Waals surface area contributed by atoms with Crippen molar-refractivity contribution in [3.8, 4) is 11.5 Å². The zero-order chi connectivity index (χ0) is 13.4. The highest BCUT2D eigenvalue weighted by molar-refractivity contribution is 9.10. The number of rotatable bonds is 3. The number of pyridine rings is 1. The molecule has 0 aromatic carbocycles. The van der Waals surface area contributed by atoms with Crippen LogP contribution in [-0.4, -0.2) is 22.0 Å². The number of nitrogens with zero attached hydrogens (tertiary/aromatic N) is 3. The summed E-state index contributed by atoms with van der Waals surface area (Å²) >= 11 is 3.60. The molecular formula is C14H15BrN4. The first kappa shape index (κ1) is 12.5. The number of hydrogen-bond donors (Lipinski definition) is 1. The minimum absolute atomic E-state index is 0.563. The molecule has 5 heteroatoms. The highest BCUT2D eigenvalue weighted by Gasteiger charge is 2.29. The van der Waals surface area contributed by atoms with Gasteiger partial charge in [-0.15, -0.1) is 0 Å². The largest absolute Gasteiger partial charge is 0.372 e. The van der Waals surface area contributed by atoms with E-state index >= 15 is 0 Å². The molecule has 2 heterocycles. The first-order valence-electron chi connectivity index (χ1n) is 6.37. The average Bonchev–Trinajstić information content (AvgIpc) is 3.23. The molecule has 3 rings (SSSR count). The molecule has 19 heavy (non-hydrogen) atoms. The number of halogens is 1. The fraction of sp³-hybridized carbons (Fsp3) is 0.357. The Morgan fingerprint density at radius 3 is 2.74 bits per heavy atom. The molecule has 1 saturated carbocycles. The van der Waals surface area contributed by atoms with Gasteiger partial charge in [0.1, 0.15) is 11.5 Å². The molecule has 0 atom stereocenters. The van der Waals surface area contributed by atoms with E-state index in [1.165, 1.54) is 12.8 Å². The molecule has 4 nitrogen and oxygen atoms in total. The summed E-state index contributed by atoms with van der Waals surface area (Å²) in [7, 11) is 1.87. The Kier molecular flexibility index (Phi) is 3.22. The Bertz CT molecular complexity index is 623. The van der Waals surface area contributed by atoms with E-state index in [4.69, 9.17) is 4.98 Å². The van der Waals surface area contributed by atoms with E-state index in [1.807, 2.05) is 26.1 Å². The van der Waals surface area contributed by atoms with Gasteiger partial charge in [0.25, 0.3) is 0 Å². The summed E-state index contributed by atoms with van der Waals surface area (Å²) in [5, 5.41) is 3.12. The summed E-state index contributed by atoms with van der Waals surface area (Å²) < 4.78 is 0.980. The maximum Gasteiger partial charge on any atom is 0.180 e. The molecule has 0 bridgehead atoms. The predicted octanol–water partition coefficient (Wildman–Crippen LogP) is 3.53. The van der Waals surface area contributed by atoms with Crippen molar-refractivity contribution in [1.82, 2.24) is 15.0 Å². The van der Waals surface area contributed by atoms with E-state index in [-0.39, 0.29) is 0 Å². The minimum atomic E-state index is 0.563. The lowest BCUT2D eigenvalue weighted by atomic mass is 10.2. The molecule has 0 aliphatic heterocycles. The Morgan fingerprint density at radius 1 is 1.32 bits per heavy atom. The van der Waals surface area contributed by atoms with E-state index in [2.05, 4.69) is 31.2 Å². The number of aromatic nitrogens is 3. The van der Waals surface area contributed by atoms with Gasteiger partial charge in [0.15, 0.2) is 5.82 Å². The Hall–Kier alpha value is -1.49. The van der Waals surface area contributed by atoms with Crippen molar-refractivity contribution in [3.05, 3.63) is 34.1 Å². The molecule has 0 radical (unpaired) electrons. The van der Waals surface area contributed by atoms with Crippen molar-refractivity contribution in [2.45, 2.75) is 25.7 Å². The molecule has 2 aromatic rings. The second-order valence-electron chi connectivity index (χ2n) is 4.84. The molecule has 0 saturated heterocycles. The van der Waals surface area contributed by atoms with Crippen molar-refractivity contribution in [3.63, 3.8) is 0 Å². The van der Waals surface area contributed by atoms with Crippen LogP contribution < -0.4 is 5.32 Å². The van der Waals surface area contributed by atoms with Crippen LogP contribution in [0.3, 0.4) is 0 Å².